The van der Waals surface area contributed by atoms with Gasteiger partial charge in [0.05, 0.1) is 5.69 Å². The summed E-state index contributed by atoms with van der Waals surface area (Å²) in [6, 6.07) is 18.6. The molecule has 1 saturated heterocycles. The van der Waals surface area contributed by atoms with E-state index in [1.807, 2.05) is 69.3 Å². The molecule has 0 bridgehead atoms. The van der Waals surface area contributed by atoms with Crippen LogP contribution in [0.1, 0.15) is 48.9 Å². The quantitative estimate of drug-likeness (QED) is 0.318. The number of ether oxygens (including phenoxy) is 2. The van der Waals surface area contributed by atoms with Crippen LogP contribution in [-0.2, 0) is 26.5 Å². The van der Waals surface area contributed by atoms with Crippen molar-refractivity contribution in [2.24, 2.45) is 0 Å². The van der Waals surface area contributed by atoms with Gasteiger partial charge in [0.15, 0.2) is 0 Å². The summed E-state index contributed by atoms with van der Waals surface area (Å²) in [5.41, 5.74) is 5.21. The van der Waals surface area contributed by atoms with Crippen molar-refractivity contribution < 1.29 is 35.5 Å². The lowest BCUT2D eigenvalue weighted by molar-refractivity contribution is 0.0139. The second-order valence-electron chi connectivity index (χ2n) is 11.9. The molecule has 0 spiro atoms. The topological polar surface area (TPSA) is 114 Å². The molecule has 44 heavy (non-hydrogen) atoms. The Balaban J connectivity index is 1.28. The fourth-order valence-electron chi connectivity index (χ4n) is 5.60. The van der Waals surface area contributed by atoms with Gasteiger partial charge in [-0.25, -0.2) is 9.59 Å². The standard InChI is InChI=1S/C32H36FN3O7S/c1-21-22(19-35-13-15-36(16-14-35)31(38)42-32(2,3)4)17-23(43-44(33,39)40)18-29(21)34-30(37)41-20-28-26-11-7-5-9-24(26)25-10-6-8-12-27(25)28/h5-12,17-18,28H,13-16,19-20H2,1-4H3,(H,34,37). The highest BCUT2D eigenvalue weighted by molar-refractivity contribution is 7.81. The molecule has 5 rings (SSSR count). The molecule has 0 saturated carbocycles. The minimum absolute atomic E-state index is 0.0861. The lowest BCUT2D eigenvalue weighted by Gasteiger charge is -2.35. The summed E-state index contributed by atoms with van der Waals surface area (Å²) in [6.07, 6.45) is -1.13. The van der Waals surface area contributed by atoms with Crippen LogP contribution < -0.4 is 9.50 Å². The predicted molar refractivity (Wildman–Crippen MR) is 164 cm³/mol. The first-order valence-electron chi connectivity index (χ1n) is 14.4. The van der Waals surface area contributed by atoms with E-state index in [0.29, 0.717) is 43.9 Å². The average Bonchev–Trinajstić information content (AvgIpc) is 3.26. The van der Waals surface area contributed by atoms with Crippen molar-refractivity contribution in [2.75, 3.05) is 38.1 Å². The Hall–Kier alpha value is -4.16. The van der Waals surface area contributed by atoms with Crippen molar-refractivity contribution >= 4 is 28.4 Å². The summed E-state index contributed by atoms with van der Waals surface area (Å²) in [6.45, 7) is 9.56. The molecule has 2 amide bonds. The molecular weight excluding hydrogens is 589 g/mol. The van der Waals surface area contributed by atoms with Gasteiger partial charge in [-0.1, -0.05) is 52.4 Å². The number of hydrogen-bond donors (Lipinski definition) is 1. The van der Waals surface area contributed by atoms with Crippen LogP contribution in [0, 0.1) is 6.92 Å². The lowest BCUT2D eigenvalue weighted by Crippen LogP contribution is -2.49. The highest BCUT2D eigenvalue weighted by atomic mass is 32.3. The number of rotatable bonds is 7. The molecule has 1 aliphatic carbocycles. The van der Waals surface area contributed by atoms with E-state index in [-0.39, 0.29) is 30.1 Å². The van der Waals surface area contributed by atoms with Crippen LogP contribution in [0.2, 0.25) is 0 Å². The van der Waals surface area contributed by atoms with E-state index in [1.165, 1.54) is 12.1 Å². The van der Waals surface area contributed by atoms with Crippen LogP contribution in [-0.4, -0.2) is 68.8 Å². The van der Waals surface area contributed by atoms with Gasteiger partial charge in [-0.15, -0.1) is 0 Å². The van der Waals surface area contributed by atoms with Crippen LogP contribution in [0.25, 0.3) is 11.1 Å². The van der Waals surface area contributed by atoms with E-state index in [2.05, 4.69) is 14.4 Å². The Morgan fingerprint density at radius 3 is 2.11 bits per heavy atom. The molecule has 12 heteroatoms. The van der Waals surface area contributed by atoms with Gasteiger partial charge in [0.1, 0.15) is 18.0 Å². The van der Waals surface area contributed by atoms with E-state index in [1.54, 1.807) is 11.8 Å². The van der Waals surface area contributed by atoms with Crippen molar-refractivity contribution in [1.29, 1.82) is 0 Å². The van der Waals surface area contributed by atoms with Gasteiger partial charge in [0.25, 0.3) is 0 Å². The smallest absolute Gasteiger partial charge is 0.448 e. The third-order valence-electron chi connectivity index (χ3n) is 7.68. The van der Waals surface area contributed by atoms with Gasteiger partial charge in [-0.2, -0.15) is 8.42 Å². The van der Waals surface area contributed by atoms with Crippen molar-refractivity contribution in [1.82, 2.24) is 9.80 Å². The van der Waals surface area contributed by atoms with Crippen LogP contribution in [0.3, 0.4) is 0 Å². The van der Waals surface area contributed by atoms with Crippen LogP contribution in [0.15, 0.2) is 60.7 Å². The maximum Gasteiger partial charge on any atom is 0.488 e. The number of benzene rings is 3. The summed E-state index contributed by atoms with van der Waals surface area (Å²) in [7, 11) is -5.31. The minimum Gasteiger partial charge on any atom is -0.448 e. The van der Waals surface area contributed by atoms with Gasteiger partial charge >= 0.3 is 22.7 Å². The fraction of sp³-hybridized carbons (Fsp3) is 0.375. The largest absolute Gasteiger partial charge is 0.488 e. The van der Waals surface area contributed by atoms with Crippen molar-refractivity contribution in [3.63, 3.8) is 0 Å². The van der Waals surface area contributed by atoms with Crippen molar-refractivity contribution in [3.05, 3.63) is 82.9 Å². The maximum atomic E-state index is 13.5. The summed E-state index contributed by atoms with van der Waals surface area (Å²) in [5, 5.41) is 2.68. The maximum absolute atomic E-state index is 13.5. The van der Waals surface area contributed by atoms with Gasteiger partial charge in [-0.3, -0.25) is 10.2 Å². The van der Waals surface area contributed by atoms with Crippen molar-refractivity contribution in [3.8, 4) is 16.9 Å². The van der Waals surface area contributed by atoms with E-state index >= 15 is 0 Å². The van der Waals surface area contributed by atoms with E-state index in [9.17, 15) is 21.9 Å². The number of anilines is 1. The number of nitrogens with one attached hydrogen (secondary N) is 1. The minimum atomic E-state index is -5.31. The number of fused-ring (bicyclic) bond motifs is 3. The summed E-state index contributed by atoms with van der Waals surface area (Å²) >= 11 is 0. The second-order valence-corrected chi connectivity index (χ2v) is 12.9. The molecule has 0 aromatic heterocycles. The lowest BCUT2D eigenvalue weighted by atomic mass is 9.98. The Bertz CT molecular complexity index is 1620. The zero-order valence-electron chi connectivity index (χ0n) is 25.1. The van der Waals surface area contributed by atoms with Crippen LogP contribution in [0.4, 0.5) is 19.2 Å². The van der Waals surface area contributed by atoms with Gasteiger partial charge in [0, 0.05) is 44.7 Å². The number of hydrogen-bond acceptors (Lipinski definition) is 8. The first-order valence-corrected chi connectivity index (χ1v) is 15.7. The summed E-state index contributed by atoms with van der Waals surface area (Å²) in [5.74, 6) is -0.426. The van der Waals surface area contributed by atoms with E-state index in [4.69, 9.17) is 9.47 Å². The number of nitrogens with zero attached hydrogens (tertiary/aromatic N) is 2. The first kappa shape index (κ1) is 31.3. The van der Waals surface area contributed by atoms with Gasteiger partial charge < -0.3 is 18.6 Å². The molecular formula is C32H36FN3O7S. The normalized spacial score (nSPS) is 15.3. The molecule has 0 radical (unpaired) electrons. The van der Waals surface area contributed by atoms with Crippen LogP contribution in [0.5, 0.6) is 5.75 Å². The number of carbonyl (C=O) groups excluding carboxylic acids is 2. The highest BCUT2D eigenvalue weighted by Gasteiger charge is 2.30. The molecule has 1 N–H and O–H groups in total. The molecule has 0 unspecified atom stereocenters. The zero-order chi connectivity index (χ0) is 31.6. The zero-order valence-corrected chi connectivity index (χ0v) is 25.9. The highest BCUT2D eigenvalue weighted by Crippen LogP contribution is 2.44. The molecule has 1 aliphatic heterocycles. The monoisotopic (exact) mass is 625 g/mol. The summed E-state index contributed by atoms with van der Waals surface area (Å²) < 4.78 is 51.8. The predicted octanol–water partition coefficient (Wildman–Crippen LogP) is 6.00. The number of halogens is 1. The van der Waals surface area contributed by atoms with Gasteiger partial charge in [0.2, 0.25) is 0 Å². The second kappa shape index (κ2) is 12.4. The third kappa shape index (κ3) is 7.48. The van der Waals surface area contributed by atoms with Gasteiger partial charge in [-0.05, 0) is 67.1 Å². The molecule has 2 aliphatic rings. The van der Waals surface area contributed by atoms with Crippen LogP contribution >= 0.6 is 0 Å². The molecule has 234 valence electrons. The van der Waals surface area contributed by atoms with E-state index < -0.39 is 22.2 Å². The first-order chi connectivity index (χ1) is 20.8. The molecule has 1 fully saturated rings. The number of piperazine rings is 1. The summed E-state index contributed by atoms with van der Waals surface area (Å²) in [4.78, 5) is 29.2. The SMILES string of the molecule is Cc1c(CN2CCN(C(=O)OC(C)(C)C)CC2)cc(OS(=O)(=O)F)cc1NC(=O)OCC1c2ccccc2-c2ccccc21. The third-order valence-corrected chi connectivity index (χ3v) is 8.07. The molecule has 3 aromatic carbocycles. The number of carbonyl (C=O) groups is 2. The Morgan fingerprint density at radius 2 is 1.55 bits per heavy atom. The molecule has 10 nitrogen and oxygen atoms in total. The Labute approximate surface area is 257 Å². The molecule has 1 heterocycles. The van der Waals surface area contributed by atoms with Crippen molar-refractivity contribution in [2.45, 2.75) is 45.8 Å². The number of amides is 2. The Kier molecular flexibility index (Phi) is 8.85. The Morgan fingerprint density at radius 1 is 0.955 bits per heavy atom. The molecule has 3 aromatic rings. The fourth-order valence-corrected chi connectivity index (χ4v) is 5.93. The molecule has 0 atom stereocenters. The average molecular weight is 626 g/mol. The van der Waals surface area contributed by atoms with E-state index in [0.717, 1.165) is 22.3 Å².